The van der Waals surface area contributed by atoms with Gasteiger partial charge in [-0.05, 0) is 35.1 Å². The number of aryl methyl sites for hydroxylation is 1. The van der Waals surface area contributed by atoms with Crippen molar-refractivity contribution in [1.29, 1.82) is 0 Å². The first kappa shape index (κ1) is 13.3. The van der Waals surface area contributed by atoms with Crippen LogP contribution in [0.4, 0.5) is 0 Å². The van der Waals surface area contributed by atoms with Gasteiger partial charge in [0.25, 0.3) is 0 Å². The van der Waals surface area contributed by atoms with Crippen LogP contribution in [-0.4, -0.2) is 26.4 Å². The van der Waals surface area contributed by atoms with Crippen LogP contribution in [0.3, 0.4) is 0 Å². The van der Waals surface area contributed by atoms with Crippen molar-refractivity contribution >= 4 is 27.0 Å². The first-order chi connectivity index (χ1) is 9.70. The minimum absolute atomic E-state index is 0.162. The van der Waals surface area contributed by atoms with Gasteiger partial charge in [0.1, 0.15) is 0 Å². The van der Waals surface area contributed by atoms with E-state index in [9.17, 15) is 0 Å². The number of hydrogen-bond donors (Lipinski definition) is 1. The molecule has 0 spiro atoms. The maximum Gasteiger partial charge on any atom is 0.0958 e. The molecule has 0 bridgehead atoms. The Bertz CT molecular complexity index is 711. The van der Waals surface area contributed by atoms with E-state index in [0.717, 1.165) is 27.7 Å². The third kappa shape index (κ3) is 2.25. The molecule has 20 heavy (non-hydrogen) atoms. The Hall–Kier alpha value is -1.66. The number of halogens is 1. The van der Waals surface area contributed by atoms with Gasteiger partial charge in [0, 0.05) is 13.6 Å². The van der Waals surface area contributed by atoms with Crippen LogP contribution in [0.15, 0.2) is 41.3 Å². The summed E-state index contributed by atoms with van der Waals surface area (Å²) in [6.07, 6.45) is 3.71. The average molecular weight is 334 g/mol. The van der Waals surface area contributed by atoms with E-state index >= 15 is 0 Å². The summed E-state index contributed by atoms with van der Waals surface area (Å²) < 4.78 is 5.07. The van der Waals surface area contributed by atoms with Gasteiger partial charge in [-0.15, -0.1) is 0 Å². The molecular weight excluding hydrogens is 318 g/mol. The number of nitrogens with zero attached hydrogens (tertiary/aromatic N) is 4. The van der Waals surface area contributed by atoms with Gasteiger partial charge >= 0.3 is 0 Å². The van der Waals surface area contributed by atoms with Gasteiger partial charge < -0.3 is 9.88 Å². The molecule has 2 aromatic heterocycles. The van der Waals surface area contributed by atoms with Crippen LogP contribution in [0.1, 0.15) is 11.7 Å². The molecule has 0 saturated heterocycles. The summed E-state index contributed by atoms with van der Waals surface area (Å²) in [5, 5.41) is 7.63. The first-order valence-corrected chi connectivity index (χ1v) is 7.24. The molecule has 0 saturated carbocycles. The van der Waals surface area contributed by atoms with Crippen LogP contribution in [0.5, 0.6) is 0 Å². The minimum Gasteiger partial charge on any atom is -0.329 e. The van der Waals surface area contributed by atoms with Crippen LogP contribution in [-0.2, 0) is 13.6 Å². The van der Waals surface area contributed by atoms with Crippen molar-refractivity contribution in [2.75, 3.05) is 7.05 Å². The highest BCUT2D eigenvalue weighted by molar-refractivity contribution is 9.10. The summed E-state index contributed by atoms with van der Waals surface area (Å²) in [6.45, 7) is 0.801. The van der Waals surface area contributed by atoms with E-state index in [1.807, 2.05) is 49.5 Å². The molecule has 0 aliphatic rings. The number of imidazole rings is 1. The van der Waals surface area contributed by atoms with Gasteiger partial charge in [-0.1, -0.05) is 12.1 Å². The summed E-state index contributed by atoms with van der Waals surface area (Å²) in [5.41, 5.74) is 3.29. The standard InChI is InChI=1S/C14H16BrN5/c1-16-12(14-10(15)7-18-19(14)2)8-20-9-17-11-5-3-4-6-13(11)20/h3-7,9,12,16H,8H2,1-2H3. The van der Waals surface area contributed by atoms with Crippen LogP contribution in [0.2, 0.25) is 0 Å². The van der Waals surface area contributed by atoms with Gasteiger partial charge in [0.05, 0.1) is 39.8 Å². The fourth-order valence-corrected chi connectivity index (χ4v) is 3.10. The van der Waals surface area contributed by atoms with Crippen LogP contribution in [0, 0.1) is 0 Å². The molecule has 3 rings (SSSR count). The second kappa shape index (κ2) is 5.38. The van der Waals surface area contributed by atoms with Crippen molar-refractivity contribution in [3.63, 3.8) is 0 Å². The molecule has 0 fully saturated rings. The molecule has 104 valence electrons. The monoisotopic (exact) mass is 333 g/mol. The summed E-state index contributed by atoms with van der Waals surface area (Å²) in [6, 6.07) is 8.32. The quantitative estimate of drug-likeness (QED) is 0.797. The Morgan fingerprint density at radius 3 is 2.85 bits per heavy atom. The van der Waals surface area contributed by atoms with E-state index in [4.69, 9.17) is 0 Å². The molecule has 5 nitrogen and oxygen atoms in total. The molecule has 0 aliphatic heterocycles. The Kier molecular flexibility index (Phi) is 3.58. The van der Waals surface area contributed by atoms with Crippen LogP contribution < -0.4 is 5.32 Å². The van der Waals surface area contributed by atoms with Crippen molar-refractivity contribution < 1.29 is 0 Å². The number of para-hydroxylation sites is 2. The molecule has 0 amide bonds. The second-order valence-corrected chi connectivity index (χ2v) is 5.58. The summed E-state index contributed by atoms with van der Waals surface area (Å²) in [7, 11) is 3.92. The zero-order valence-corrected chi connectivity index (χ0v) is 13.0. The number of fused-ring (bicyclic) bond motifs is 1. The van der Waals surface area contributed by atoms with E-state index < -0.39 is 0 Å². The molecule has 1 unspecified atom stereocenters. The Labute approximate surface area is 125 Å². The number of hydrogen-bond acceptors (Lipinski definition) is 3. The fraction of sp³-hybridized carbons (Fsp3) is 0.286. The molecule has 1 N–H and O–H groups in total. The minimum atomic E-state index is 0.162. The zero-order valence-electron chi connectivity index (χ0n) is 11.4. The van der Waals surface area contributed by atoms with Crippen molar-refractivity contribution in [1.82, 2.24) is 24.6 Å². The predicted octanol–water partition coefficient (Wildman–Crippen LogP) is 2.49. The highest BCUT2D eigenvalue weighted by Gasteiger charge is 2.18. The summed E-state index contributed by atoms with van der Waals surface area (Å²) >= 11 is 3.56. The van der Waals surface area contributed by atoms with Gasteiger partial charge in [-0.3, -0.25) is 4.68 Å². The smallest absolute Gasteiger partial charge is 0.0958 e. The number of aromatic nitrogens is 4. The molecule has 3 aromatic rings. The third-order valence-corrected chi connectivity index (χ3v) is 4.13. The average Bonchev–Trinajstić information content (AvgIpc) is 3.01. The van der Waals surface area contributed by atoms with Crippen LogP contribution in [0.25, 0.3) is 11.0 Å². The Morgan fingerprint density at radius 2 is 2.15 bits per heavy atom. The van der Waals surface area contributed by atoms with Gasteiger partial charge in [0.15, 0.2) is 0 Å². The van der Waals surface area contributed by atoms with Crippen molar-refractivity contribution in [2.24, 2.45) is 7.05 Å². The Morgan fingerprint density at radius 1 is 1.35 bits per heavy atom. The lowest BCUT2D eigenvalue weighted by molar-refractivity contribution is 0.473. The third-order valence-electron chi connectivity index (χ3n) is 3.52. The molecule has 2 heterocycles. The molecule has 6 heteroatoms. The maximum absolute atomic E-state index is 4.43. The fourth-order valence-electron chi connectivity index (χ4n) is 2.48. The lowest BCUT2D eigenvalue weighted by Gasteiger charge is -2.18. The van der Waals surface area contributed by atoms with Gasteiger partial charge in [0.2, 0.25) is 0 Å². The molecule has 0 aliphatic carbocycles. The Balaban J connectivity index is 1.96. The lowest BCUT2D eigenvalue weighted by Crippen LogP contribution is -2.24. The number of nitrogens with one attached hydrogen (secondary N) is 1. The maximum atomic E-state index is 4.43. The summed E-state index contributed by atoms with van der Waals surface area (Å²) in [5.74, 6) is 0. The van der Waals surface area contributed by atoms with Crippen molar-refractivity contribution in [3.05, 3.63) is 47.0 Å². The normalized spacial score (nSPS) is 12.9. The van der Waals surface area contributed by atoms with E-state index in [2.05, 4.69) is 42.0 Å². The van der Waals surface area contributed by atoms with E-state index in [1.54, 1.807) is 0 Å². The number of rotatable bonds is 4. The van der Waals surface area contributed by atoms with Gasteiger partial charge in [-0.2, -0.15) is 5.10 Å². The summed E-state index contributed by atoms with van der Waals surface area (Å²) in [4.78, 5) is 4.43. The molecule has 1 atom stereocenters. The molecular formula is C14H16BrN5. The largest absolute Gasteiger partial charge is 0.329 e. The van der Waals surface area contributed by atoms with E-state index in [-0.39, 0.29) is 6.04 Å². The SMILES string of the molecule is CNC(Cn1cnc2ccccc21)c1c(Br)cnn1C. The molecule has 0 radical (unpaired) electrons. The number of likely N-dealkylation sites (N-methyl/N-ethyl adjacent to an activating group) is 1. The van der Waals surface area contributed by atoms with Crippen molar-refractivity contribution in [3.8, 4) is 0 Å². The molecule has 1 aromatic carbocycles. The van der Waals surface area contributed by atoms with Crippen molar-refractivity contribution in [2.45, 2.75) is 12.6 Å². The second-order valence-electron chi connectivity index (χ2n) is 4.73. The predicted molar refractivity (Wildman–Crippen MR) is 82.4 cm³/mol. The highest BCUT2D eigenvalue weighted by Crippen LogP contribution is 2.25. The highest BCUT2D eigenvalue weighted by atomic mass is 79.9. The van der Waals surface area contributed by atoms with Crippen LogP contribution >= 0.6 is 15.9 Å². The first-order valence-electron chi connectivity index (χ1n) is 6.45. The lowest BCUT2D eigenvalue weighted by atomic mass is 10.2. The topological polar surface area (TPSA) is 47.7 Å². The van der Waals surface area contributed by atoms with Gasteiger partial charge in [-0.25, -0.2) is 4.98 Å². The zero-order chi connectivity index (χ0) is 14.1. The van der Waals surface area contributed by atoms with E-state index in [0.29, 0.717) is 0 Å². The number of benzene rings is 1. The van der Waals surface area contributed by atoms with E-state index in [1.165, 1.54) is 0 Å².